The van der Waals surface area contributed by atoms with Crippen LogP contribution in [0.1, 0.15) is 5.82 Å². The van der Waals surface area contributed by atoms with Crippen molar-refractivity contribution in [3.8, 4) is 0 Å². The molecule has 0 radical (unpaired) electrons. The molecular weight excluding hydrogens is 267 g/mol. The van der Waals surface area contributed by atoms with Crippen LogP contribution in [0.4, 0.5) is 19.0 Å². The lowest BCUT2D eigenvalue weighted by Crippen LogP contribution is -2.12. The van der Waals surface area contributed by atoms with Gasteiger partial charge in [-0.3, -0.25) is 0 Å². The van der Waals surface area contributed by atoms with E-state index in [1.54, 1.807) is 6.20 Å². The molecule has 0 aliphatic rings. The number of rotatable bonds is 3. The van der Waals surface area contributed by atoms with E-state index in [1.807, 2.05) is 0 Å². The Bertz CT molecular complexity index is 525. The molecule has 5 nitrogen and oxygen atoms in total. The molecule has 0 saturated heterocycles. The first-order valence-corrected chi connectivity index (χ1v) is 5.62. The molecule has 0 saturated carbocycles. The van der Waals surface area contributed by atoms with Gasteiger partial charge in [-0.1, -0.05) is 0 Å². The van der Waals surface area contributed by atoms with E-state index in [-0.39, 0.29) is 10.8 Å². The molecule has 18 heavy (non-hydrogen) atoms. The number of nitrogens with one attached hydrogen (secondary N) is 2. The Kier molecular flexibility index (Phi) is 3.41. The largest absolute Gasteiger partial charge is 0.451 e. The highest BCUT2D eigenvalue weighted by atomic mass is 32.2. The highest BCUT2D eigenvalue weighted by Gasteiger charge is 2.35. The number of H-pyrrole nitrogens is 1. The Balaban J connectivity index is 2.35. The van der Waals surface area contributed by atoms with Crippen LogP contribution < -0.4 is 5.32 Å². The molecule has 2 aromatic rings. The van der Waals surface area contributed by atoms with Crippen molar-refractivity contribution in [2.45, 2.75) is 16.4 Å². The minimum atomic E-state index is -4.58. The van der Waals surface area contributed by atoms with Gasteiger partial charge in [-0.2, -0.15) is 13.2 Å². The summed E-state index contributed by atoms with van der Waals surface area (Å²) < 4.78 is 37.7. The summed E-state index contributed by atoms with van der Waals surface area (Å²) in [5.74, 6) is -1.07. The Labute approximate surface area is 104 Å². The molecule has 0 aliphatic heterocycles. The monoisotopic (exact) mass is 275 g/mol. The summed E-state index contributed by atoms with van der Waals surface area (Å²) in [4.78, 5) is 13.5. The van der Waals surface area contributed by atoms with E-state index in [4.69, 9.17) is 0 Å². The second-order valence-electron chi connectivity index (χ2n) is 3.16. The van der Waals surface area contributed by atoms with Gasteiger partial charge >= 0.3 is 6.18 Å². The third-order valence-corrected chi connectivity index (χ3v) is 2.72. The molecule has 0 fully saturated rings. The number of aromatic amines is 1. The van der Waals surface area contributed by atoms with Crippen LogP contribution in [0.2, 0.25) is 0 Å². The van der Waals surface area contributed by atoms with Crippen molar-refractivity contribution in [2.24, 2.45) is 0 Å². The van der Waals surface area contributed by atoms with Gasteiger partial charge in [0.2, 0.25) is 5.82 Å². The van der Waals surface area contributed by atoms with Crippen molar-refractivity contribution < 1.29 is 13.2 Å². The van der Waals surface area contributed by atoms with Crippen molar-refractivity contribution in [3.05, 3.63) is 24.3 Å². The van der Waals surface area contributed by atoms with E-state index in [1.165, 1.54) is 19.3 Å². The summed E-state index contributed by atoms with van der Waals surface area (Å²) in [6.45, 7) is 0. The fourth-order valence-corrected chi connectivity index (χ4v) is 1.88. The molecule has 0 atom stereocenters. The molecule has 2 aromatic heterocycles. The van der Waals surface area contributed by atoms with Crippen LogP contribution >= 0.6 is 11.8 Å². The lowest BCUT2D eigenvalue weighted by molar-refractivity contribution is -0.145. The second-order valence-corrected chi connectivity index (χ2v) is 4.17. The number of nitrogens with zero attached hydrogens (tertiary/aromatic N) is 3. The van der Waals surface area contributed by atoms with Crippen molar-refractivity contribution in [1.82, 2.24) is 19.9 Å². The summed E-state index contributed by atoms with van der Waals surface area (Å²) in [5.41, 5.74) is 0. The van der Waals surface area contributed by atoms with E-state index in [9.17, 15) is 13.2 Å². The maximum Gasteiger partial charge on any atom is 0.451 e. The van der Waals surface area contributed by atoms with Gasteiger partial charge in [-0.05, 0) is 11.8 Å². The van der Waals surface area contributed by atoms with Crippen LogP contribution in [0.5, 0.6) is 0 Å². The smallest absolute Gasteiger partial charge is 0.373 e. The molecular formula is C9H8F3N5S. The minimum absolute atomic E-state index is 0.103. The molecule has 2 heterocycles. The van der Waals surface area contributed by atoms with Crippen molar-refractivity contribution in [3.63, 3.8) is 0 Å². The maximum absolute atomic E-state index is 12.6. The Hall–Kier alpha value is -1.77. The number of hydrogen-bond donors (Lipinski definition) is 2. The minimum Gasteiger partial charge on any atom is -0.373 e. The fraction of sp³-hybridized carbons (Fsp3) is 0.222. The quantitative estimate of drug-likeness (QED) is 0.842. The van der Waals surface area contributed by atoms with Crippen LogP contribution in [0.15, 0.2) is 28.6 Å². The average Bonchev–Trinajstić information content (AvgIpc) is 2.80. The average molecular weight is 275 g/mol. The van der Waals surface area contributed by atoms with Gasteiger partial charge in [0, 0.05) is 25.5 Å². The molecule has 2 N–H and O–H groups in total. The fourth-order valence-electron chi connectivity index (χ4n) is 1.14. The SMILES string of the molecule is CNc1cc(Sc2ncc[nH]2)nc(C(F)(F)F)n1. The number of halogens is 3. The van der Waals surface area contributed by atoms with E-state index in [0.717, 1.165) is 11.8 Å². The number of anilines is 1. The third kappa shape index (κ3) is 2.92. The first kappa shape index (κ1) is 12.7. The van der Waals surface area contributed by atoms with Gasteiger partial charge in [0.25, 0.3) is 0 Å². The molecule has 9 heteroatoms. The van der Waals surface area contributed by atoms with Gasteiger partial charge in [0.15, 0.2) is 5.16 Å². The zero-order chi connectivity index (χ0) is 13.2. The predicted molar refractivity (Wildman–Crippen MR) is 59.3 cm³/mol. The van der Waals surface area contributed by atoms with E-state index in [0.29, 0.717) is 5.16 Å². The van der Waals surface area contributed by atoms with Gasteiger partial charge < -0.3 is 10.3 Å². The summed E-state index contributed by atoms with van der Waals surface area (Å²) in [7, 11) is 1.49. The standard InChI is InChI=1S/C9H8F3N5S/c1-13-5-4-6(18-8-14-2-3-15-8)17-7(16-5)9(10,11)12/h2-4H,1H3,(H,14,15)(H,13,16,17). The first-order valence-electron chi connectivity index (χ1n) is 4.80. The highest BCUT2D eigenvalue weighted by molar-refractivity contribution is 7.99. The lowest BCUT2D eigenvalue weighted by Gasteiger charge is -2.08. The van der Waals surface area contributed by atoms with Gasteiger partial charge in [-0.15, -0.1) is 0 Å². The predicted octanol–water partition coefficient (Wildman–Crippen LogP) is 2.41. The van der Waals surface area contributed by atoms with Crippen molar-refractivity contribution in [2.75, 3.05) is 12.4 Å². The summed E-state index contributed by atoms with van der Waals surface area (Å²) >= 11 is 0.996. The zero-order valence-corrected chi connectivity index (χ0v) is 9.93. The maximum atomic E-state index is 12.6. The van der Waals surface area contributed by atoms with Crippen molar-refractivity contribution in [1.29, 1.82) is 0 Å². The zero-order valence-electron chi connectivity index (χ0n) is 9.12. The van der Waals surface area contributed by atoms with Crippen LogP contribution in [-0.4, -0.2) is 27.0 Å². The van der Waals surface area contributed by atoms with Gasteiger partial charge in [0.05, 0.1) is 0 Å². The Morgan fingerprint density at radius 3 is 2.67 bits per heavy atom. The number of imidazole rings is 1. The molecule has 96 valence electrons. The van der Waals surface area contributed by atoms with Crippen LogP contribution in [0.3, 0.4) is 0 Å². The molecule has 0 aliphatic carbocycles. The van der Waals surface area contributed by atoms with Crippen molar-refractivity contribution >= 4 is 17.6 Å². The summed E-state index contributed by atoms with van der Waals surface area (Å²) in [6, 6.07) is 1.42. The van der Waals surface area contributed by atoms with Crippen LogP contribution in [0, 0.1) is 0 Å². The Morgan fingerprint density at radius 2 is 2.11 bits per heavy atom. The molecule has 0 unspecified atom stereocenters. The number of aromatic nitrogens is 4. The normalized spacial score (nSPS) is 11.6. The lowest BCUT2D eigenvalue weighted by atomic mass is 10.5. The van der Waals surface area contributed by atoms with Gasteiger partial charge in [0.1, 0.15) is 10.8 Å². The molecule has 0 amide bonds. The van der Waals surface area contributed by atoms with E-state index >= 15 is 0 Å². The Morgan fingerprint density at radius 1 is 1.33 bits per heavy atom. The van der Waals surface area contributed by atoms with E-state index < -0.39 is 12.0 Å². The molecule has 2 rings (SSSR count). The summed E-state index contributed by atoms with van der Waals surface area (Å²) in [6.07, 6.45) is -1.49. The second kappa shape index (κ2) is 4.84. The molecule has 0 bridgehead atoms. The van der Waals surface area contributed by atoms with Crippen LogP contribution in [-0.2, 0) is 6.18 Å². The van der Waals surface area contributed by atoms with Crippen LogP contribution in [0.25, 0.3) is 0 Å². The first-order chi connectivity index (χ1) is 8.49. The van der Waals surface area contributed by atoms with Gasteiger partial charge in [-0.25, -0.2) is 15.0 Å². The molecule has 0 spiro atoms. The third-order valence-electron chi connectivity index (χ3n) is 1.89. The molecule has 0 aromatic carbocycles. The highest BCUT2D eigenvalue weighted by Crippen LogP contribution is 2.31. The van der Waals surface area contributed by atoms with E-state index in [2.05, 4.69) is 25.3 Å². The topological polar surface area (TPSA) is 66.5 Å². The summed E-state index contributed by atoms with van der Waals surface area (Å²) in [5, 5.41) is 3.19. The number of alkyl halides is 3. The number of hydrogen-bond acceptors (Lipinski definition) is 5.